The average molecular weight is 605 g/mol. The van der Waals surface area contributed by atoms with Gasteiger partial charge >= 0.3 is 0 Å². The van der Waals surface area contributed by atoms with E-state index in [9.17, 15) is 19.2 Å². The number of halogens is 1. The van der Waals surface area contributed by atoms with Crippen molar-refractivity contribution in [2.24, 2.45) is 0 Å². The summed E-state index contributed by atoms with van der Waals surface area (Å²) in [5, 5.41) is 3.05. The topological polar surface area (TPSA) is 86.8 Å². The molecule has 0 spiro atoms. The van der Waals surface area contributed by atoms with Gasteiger partial charge in [-0.2, -0.15) is 0 Å². The van der Waals surface area contributed by atoms with Crippen LogP contribution in [0.15, 0.2) is 83.3 Å². The van der Waals surface area contributed by atoms with Gasteiger partial charge in [0.1, 0.15) is 6.04 Å². The lowest BCUT2D eigenvalue weighted by Gasteiger charge is -2.34. The molecule has 3 aromatic rings. The molecule has 3 aromatic carbocycles. The highest BCUT2D eigenvalue weighted by atomic mass is 79.9. The van der Waals surface area contributed by atoms with Gasteiger partial charge in [0, 0.05) is 35.9 Å². The van der Waals surface area contributed by atoms with Crippen LogP contribution in [-0.2, 0) is 22.6 Å². The summed E-state index contributed by atoms with van der Waals surface area (Å²) in [6, 6.07) is 23.3. The Morgan fingerprint density at radius 2 is 1.48 bits per heavy atom. The highest BCUT2D eigenvalue weighted by Gasteiger charge is 2.36. The van der Waals surface area contributed by atoms with Crippen molar-refractivity contribution in [2.75, 3.05) is 6.54 Å². The van der Waals surface area contributed by atoms with Crippen LogP contribution < -0.4 is 5.32 Å². The van der Waals surface area contributed by atoms with E-state index < -0.39 is 11.6 Å². The summed E-state index contributed by atoms with van der Waals surface area (Å²) in [6.45, 7) is 6.09. The van der Waals surface area contributed by atoms with Crippen LogP contribution in [-0.4, -0.2) is 51.6 Å². The molecule has 0 radical (unpaired) electrons. The number of imide groups is 1. The quantitative estimate of drug-likeness (QED) is 0.315. The van der Waals surface area contributed by atoms with Crippen LogP contribution in [0.5, 0.6) is 0 Å². The van der Waals surface area contributed by atoms with E-state index in [-0.39, 0.29) is 49.6 Å². The molecule has 0 fully saturated rings. The summed E-state index contributed by atoms with van der Waals surface area (Å²) in [6.07, 6.45) is 0.717. The molecule has 1 N–H and O–H groups in total. The van der Waals surface area contributed by atoms with Crippen LogP contribution in [0, 0.1) is 0 Å². The molecule has 1 heterocycles. The third-order valence-corrected chi connectivity index (χ3v) is 7.16. The van der Waals surface area contributed by atoms with Crippen molar-refractivity contribution in [1.29, 1.82) is 0 Å². The molecule has 0 saturated carbocycles. The molecular formula is C32H34BrN3O4. The predicted octanol–water partition coefficient (Wildman–Crippen LogP) is 5.38. The van der Waals surface area contributed by atoms with Crippen molar-refractivity contribution in [3.63, 3.8) is 0 Å². The Morgan fingerprint density at radius 1 is 0.875 bits per heavy atom. The Morgan fingerprint density at radius 3 is 2.08 bits per heavy atom. The number of nitrogens with zero attached hydrogens (tertiary/aromatic N) is 2. The van der Waals surface area contributed by atoms with Gasteiger partial charge < -0.3 is 10.2 Å². The molecule has 4 rings (SSSR count). The number of nitrogens with one attached hydrogen (secondary N) is 1. The van der Waals surface area contributed by atoms with Crippen LogP contribution in [0.25, 0.3) is 0 Å². The van der Waals surface area contributed by atoms with Gasteiger partial charge in [0.25, 0.3) is 11.8 Å². The number of amides is 4. The second kappa shape index (κ2) is 12.6. The second-order valence-corrected chi connectivity index (χ2v) is 11.9. The van der Waals surface area contributed by atoms with Gasteiger partial charge in [0.05, 0.1) is 11.1 Å². The molecular weight excluding hydrogens is 570 g/mol. The van der Waals surface area contributed by atoms with Crippen LogP contribution in [0.2, 0.25) is 0 Å². The summed E-state index contributed by atoms with van der Waals surface area (Å²) in [5.41, 5.74) is 2.11. The van der Waals surface area contributed by atoms with Gasteiger partial charge in [-0.05, 0) is 62.6 Å². The highest BCUT2D eigenvalue weighted by Crippen LogP contribution is 2.24. The van der Waals surface area contributed by atoms with Gasteiger partial charge in [-0.15, -0.1) is 0 Å². The predicted molar refractivity (Wildman–Crippen MR) is 158 cm³/mol. The Balaban J connectivity index is 1.56. The van der Waals surface area contributed by atoms with E-state index in [0.29, 0.717) is 17.5 Å². The van der Waals surface area contributed by atoms with E-state index in [1.807, 2.05) is 75.4 Å². The monoisotopic (exact) mass is 603 g/mol. The summed E-state index contributed by atoms with van der Waals surface area (Å²) in [7, 11) is 0. The fraction of sp³-hybridized carbons (Fsp3) is 0.312. The molecule has 0 unspecified atom stereocenters. The molecule has 1 aliphatic heterocycles. The number of hydrogen-bond donors (Lipinski definition) is 1. The number of benzene rings is 3. The molecule has 0 aliphatic carbocycles. The lowest BCUT2D eigenvalue weighted by molar-refractivity contribution is -0.142. The van der Waals surface area contributed by atoms with Crippen molar-refractivity contribution in [3.05, 3.63) is 106 Å². The molecule has 7 nitrogen and oxygen atoms in total. The largest absolute Gasteiger partial charge is 0.350 e. The zero-order valence-corrected chi connectivity index (χ0v) is 24.6. The molecule has 1 atom stereocenters. The molecule has 0 bridgehead atoms. The smallest absolute Gasteiger partial charge is 0.261 e. The Labute approximate surface area is 243 Å². The maximum absolute atomic E-state index is 13.8. The Hall–Kier alpha value is -3.78. The zero-order valence-electron chi connectivity index (χ0n) is 23.0. The van der Waals surface area contributed by atoms with E-state index in [1.165, 1.54) is 4.90 Å². The van der Waals surface area contributed by atoms with Gasteiger partial charge in [0.15, 0.2) is 0 Å². The number of carbonyl (C=O) groups excluding carboxylic acids is 4. The lowest BCUT2D eigenvalue weighted by atomic mass is 10.00. The fourth-order valence-corrected chi connectivity index (χ4v) is 5.26. The van der Waals surface area contributed by atoms with Gasteiger partial charge in [-0.25, -0.2) is 0 Å². The minimum Gasteiger partial charge on any atom is -0.350 e. The average Bonchev–Trinajstić information content (AvgIpc) is 3.15. The molecule has 1 aliphatic rings. The van der Waals surface area contributed by atoms with Gasteiger partial charge in [-0.3, -0.25) is 24.1 Å². The number of hydrogen-bond acceptors (Lipinski definition) is 4. The molecule has 4 amide bonds. The maximum Gasteiger partial charge on any atom is 0.261 e. The van der Waals surface area contributed by atoms with Gasteiger partial charge in [0.2, 0.25) is 11.8 Å². The van der Waals surface area contributed by atoms with Crippen LogP contribution in [0.1, 0.15) is 65.5 Å². The minimum absolute atomic E-state index is 0.0789. The Bertz CT molecular complexity index is 1370. The van der Waals surface area contributed by atoms with Crippen molar-refractivity contribution >= 4 is 39.6 Å². The van der Waals surface area contributed by atoms with Crippen LogP contribution in [0.3, 0.4) is 0 Å². The first-order chi connectivity index (χ1) is 19.0. The van der Waals surface area contributed by atoms with Crippen LogP contribution in [0.4, 0.5) is 0 Å². The first kappa shape index (κ1) is 29.2. The van der Waals surface area contributed by atoms with Crippen molar-refractivity contribution in [1.82, 2.24) is 15.1 Å². The summed E-state index contributed by atoms with van der Waals surface area (Å²) >= 11 is 3.50. The summed E-state index contributed by atoms with van der Waals surface area (Å²) < 4.78 is 0.877. The number of rotatable bonds is 10. The van der Waals surface area contributed by atoms with E-state index in [2.05, 4.69) is 21.2 Å². The standard InChI is InChI=1S/C32H34BrN3O4/c1-32(2,3)34-29(38)27(20-22-11-5-4-6-12-22)36(21-23-13-9-14-24(33)19-23)28(37)17-10-18-35-30(39)25-15-7-8-16-26(25)31(35)40/h4-9,11-16,19,27H,10,17-18,20-21H2,1-3H3,(H,34,38)/t27-/m0/s1. The third-order valence-electron chi connectivity index (χ3n) is 6.66. The van der Waals surface area contributed by atoms with E-state index >= 15 is 0 Å². The zero-order chi connectivity index (χ0) is 28.9. The second-order valence-electron chi connectivity index (χ2n) is 11.0. The van der Waals surface area contributed by atoms with Crippen molar-refractivity contribution in [2.45, 2.75) is 58.2 Å². The fourth-order valence-electron chi connectivity index (χ4n) is 4.81. The highest BCUT2D eigenvalue weighted by molar-refractivity contribution is 9.10. The first-order valence-electron chi connectivity index (χ1n) is 13.4. The molecule has 208 valence electrons. The SMILES string of the molecule is CC(C)(C)NC(=O)[C@H](Cc1ccccc1)N(Cc1cccc(Br)c1)C(=O)CCCN1C(=O)c2ccccc2C1=O. The molecule has 40 heavy (non-hydrogen) atoms. The maximum atomic E-state index is 13.8. The van der Waals surface area contributed by atoms with Crippen LogP contribution >= 0.6 is 15.9 Å². The summed E-state index contributed by atoms with van der Waals surface area (Å²) in [5.74, 6) is -1.14. The van der Waals surface area contributed by atoms with Gasteiger partial charge in [-0.1, -0.05) is 70.5 Å². The minimum atomic E-state index is -0.757. The summed E-state index contributed by atoms with van der Waals surface area (Å²) in [4.78, 5) is 55.9. The van der Waals surface area contributed by atoms with E-state index in [1.54, 1.807) is 29.2 Å². The normalized spacial score (nSPS) is 13.7. The van der Waals surface area contributed by atoms with Crippen molar-refractivity contribution in [3.8, 4) is 0 Å². The molecule has 0 aromatic heterocycles. The van der Waals surface area contributed by atoms with Crippen molar-refractivity contribution < 1.29 is 19.2 Å². The molecule has 0 saturated heterocycles. The van der Waals surface area contributed by atoms with E-state index in [0.717, 1.165) is 15.6 Å². The third kappa shape index (κ3) is 7.24. The lowest BCUT2D eigenvalue weighted by Crippen LogP contribution is -2.54. The molecule has 8 heteroatoms. The number of carbonyl (C=O) groups is 4. The number of fused-ring (bicyclic) bond motifs is 1. The first-order valence-corrected chi connectivity index (χ1v) is 14.2. The Kier molecular flexibility index (Phi) is 9.20. The van der Waals surface area contributed by atoms with E-state index in [4.69, 9.17) is 0 Å².